The summed E-state index contributed by atoms with van der Waals surface area (Å²) in [5.74, 6) is 2.03. The van der Waals surface area contributed by atoms with E-state index in [0.29, 0.717) is 34.8 Å². The molecule has 1 heteroatoms. The highest BCUT2D eigenvalue weighted by Crippen LogP contribution is 2.52. The van der Waals surface area contributed by atoms with Gasteiger partial charge in [0.2, 0.25) is 0 Å². The Labute approximate surface area is 299 Å². The fraction of sp³-hybridized carbons (Fsp3) is 0.417. The maximum absolute atomic E-state index is 2.68. The molecule has 2 aliphatic rings. The molecule has 0 amide bonds. The van der Waals surface area contributed by atoms with Crippen molar-refractivity contribution in [3.8, 4) is 22.3 Å². The van der Waals surface area contributed by atoms with Crippen molar-refractivity contribution in [3.63, 3.8) is 0 Å². The predicted molar refractivity (Wildman–Crippen MR) is 219 cm³/mol. The molecule has 6 rings (SSSR count). The molecule has 256 valence electrons. The fourth-order valence-corrected chi connectivity index (χ4v) is 15.6. The monoisotopic (exact) mass is 664 g/mol. The van der Waals surface area contributed by atoms with Crippen molar-refractivity contribution in [1.29, 1.82) is 0 Å². The summed E-state index contributed by atoms with van der Waals surface area (Å²) in [6.07, 6.45) is 7.53. The van der Waals surface area contributed by atoms with Crippen LogP contribution in [0.25, 0.3) is 34.4 Å². The first-order chi connectivity index (χ1) is 23.2. The van der Waals surface area contributed by atoms with Gasteiger partial charge in [0.15, 0.2) is 0 Å². The van der Waals surface area contributed by atoms with Gasteiger partial charge in [0.1, 0.15) is 8.07 Å². The summed E-state index contributed by atoms with van der Waals surface area (Å²) >= 11 is 0. The van der Waals surface area contributed by atoms with Crippen LogP contribution < -0.4 is 0 Å². The van der Waals surface area contributed by atoms with Gasteiger partial charge in [-0.3, -0.25) is 0 Å². The van der Waals surface area contributed by atoms with Crippen LogP contribution in [-0.4, -0.2) is 8.07 Å². The van der Waals surface area contributed by atoms with E-state index in [2.05, 4.69) is 168 Å². The topological polar surface area (TPSA) is 0 Å². The van der Waals surface area contributed by atoms with E-state index in [1.54, 1.807) is 10.4 Å². The number of rotatable bonds is 10. The van der Waals surface area contributed by atoms with Crippen molar-refractivity contribution in [1.82, 2.24) is 0 Å². The third kappa shape index (κ3) is 6.38. The lowest BCUT2D eigenvalue weighted by atomic mass is 9.89. The lowest BCUT2D eigenvalue weighted by Gasteiger charge is -2.42. The molecule has 4 aromatic rings. The Morgan fingerprint density at radius 2 is 0.755 bits per heavy atom. The van der Waals surface area contributed by atoms with Gasteiger partial charge in [-0.1, -0.05) is 178 Å². The number of fused-ring (bicyclic) bond motifs is 2. The minimum Gasteiger partial charge on any atom is -0.0704 e. The van der Waals surface area contributed by atoms with E-state index in [9.17, 15) is 0 Å². The molecule has 0 nitrogen and oxygen atoms in total. The van der Waals surface area contributed by atoms with Gasteiger partial charge < -0.3 is 0 Å². The molecule has 0 aromatic heterocycles. The molecule has 4 aromatic carbocycles. The Hall–Kier alpha value is -3.42. The quantitative estimate of drug-likeness (QED) is 0.148. The molecule has 0 unspecified atom stereocenters. The predicted octanol–water partition coefficient (Wildman–Crippen LogP) is 14.4. The van der Waals surface area contributed by atoms with Crippen LogP contribution in [0.15, 0.2) is 83.2 Å². The summed E-state index contributed by atoms with van der Waals surface area (Å²) in [5.41, 5.74) is 18.5. The molecule has 0 N–H and O–H groups in total. The van der Waals surface area contributed by atoms with Gasteiger partial charge in [-0.05, 0) is 114 Å². The first-order valence-corrected chi connectivity index (χ1v) is 21.3. The maximum Gasteiger partial charge on any atom is 0.114 e. The number of allylic oxidation sites excluding steroid dienone is 2. The van der Waals surface area contributed by atoms with Crippen LogP contribution in [0.4, 0.5) is 0 Å². The van der Waals surface area contributed by atoms with E-state index >= 15 is 0 Å². The fourth-order valence-electron chi connectivity index (χ4n) is 9.12. The van der Waals surface area contributed by atoms with E-state index in [0.717, 1.165) is 12.8 Å². The second-order valence-electron chi connectivity index (χ2n) is 17.0. The normalized spacial score (nSPS) is 14.5. The average Bonchev–Trinajstić information content (AvgIpc) is 3.69. The summed E-state index contributed by atoms with van der Waals surface area (Å²) < 4.78 is 0. The molecule has 0 bridgehead atoms. The van der Waals surface area contributed by atoms with Gasteiger partial charge in [-0.25, -0.2) is 0 Å². The zero-order valence-electron chi connectivity index (χ0n) is 32.5. The molecule has 0 radical (unpaired) electrons. The largest absolute Gasteiger partial charge is 0.114 e. The zero-order chi connectivity index (χ0) is 35.4. The van der Waals surface area contributed by atoms with Gasteiger partial charge in [0.05, 0.1) is 0 Å². The molecule has 0 atom stereocenters. The third-order valence-corrected chi connectivity index (χ3v) is 18.3. The van der Waals surface area contributed by atoms with Crippen molar-refractivity contribution in [2.45, 2.75) is 131 Å². The van der Waals surface area contributed by atoms with E-state index in [-0.39, 0.29) is 0 Å². The molecule has 0 fully saturated rings. The highest BCUT2D eigenvalue weighted by molar-refractivity contribution is 6.96. The Kier molecular flexibility index (Phi) is 9.91. The first kappa shape index (κ1) is 35.4. The first-order valence-electron chi connectivity index (χ1n) is 19.2. The highest BCUT2D eigenvalue weighted by atomic mass is 28.3. The number of hydrogen-bond donors (Lipinski definition) is 0. The maximum atomic E-state index is 2.68. The molecular formula is C48H60Si. The highest BCUT2D eigenvalue weighted by Gasteiger charge is 2.48. The summed E-state index contributed by atoms with van der Waals surface area (Å²) in [7, 11) is -2.12. The number of hydrogen-bond acceptors (Lipinski definition) is 0. The van der Waals surface area contributed by atoms with Crippen LogP contribution in [0.2, 0.25) is 11.1 Å². The SMILES string of the molecule is CC(C)c1cc(-c2cccc3c2C=C([Si](C2=Cc4c(cccc4-c4cc(C(C)C)cc(C(C)C)c4)C2)(C(C)C)C(C)C)C3)cc(C(C)C)c1. The van der Waals surface area contributed by atoms with Crippen molar-refractivity contribution >= 4 is 20.2 Å². The second kappa shape index (κ2) is 13.7. The Morgan fingerprint density at radius 1 is 0.429 bits per heavy atom. The smallest absolute Gasteiger partial charge is 0.0704 e. The van der Waals surface area contributed by atoms with Gasteiger partial charge in [-0.15, -0.1) is 0 Å². The van der Waals surface area contributed by atoms with Gasteiger partial charge in [0.25, 0.3) is 0 Å². The van der Waals surface area contributed by atoms with Crippen molar-refractivity contribution in [2.24, 2.45) is 0 Å². The molecule has 0 spiro atoms. The van der Waals surface area contributed by atoms with Crippen LogP contribution in [0.3, 0.4) is 0 Å². The molecule has 0 aliphatic heterocycles. The lowest BCUT2D eigenvalue weighted by Crippen LogP contribution is -2.46. The summed E-state index contributed by atoms with van der Waals surface area (Å²) in [5, 5.41) is 3.46. The summed E-state index contributed by atoms with van der Waals surface area (Å²) in [6.45, 7) is 28.7. The molecule has 0 saturated carbocycles. The molecule has 0 saturated heterocycles. The number of benzene rings is 4. The van der Waals surface area contributed by atoms with E-state index < -0.39 is 8.07 Å². The van der Waals surface area contributed by atoms with Gasteiger partial charge in [-0.2, -0.15) is 0 Å². The lowest BCUT2D eigenvalue weighted by molar-refractivity contribution is 0.834. The van der Waals surface area contributed by atoms with Crippen LogP contribution in [0.5, 0.6) is 0 Å². The van der Waals surface area contributed by atoms with Gasteiger partial charge in [0, 0.05) is 0 Å². The van der Waals surface area contributed by atoms with Crippen LogP contribution in [-0.2, 0) is 12.8 Å². The van der Waals surface area contributed by atoms with Crippen LogP contribution in [0.1, 0.15) is 151 Å². The Morgan fingerprint density at radius 3 is 1.04 bits per heavy atom. The molecule has 49 heavy (non-hydrogen) atoms. The average molecular weight is 665 g/mol. The summed E-state index contributed by atoms with van der Waals surface area (Å²) in [4.78, 5) is 0. The molecular weight excluding hydrogens is 605 g/mol. The Bertz CT molecular complexity index is 1730. The Balaban J connectivity index is 1.49. The van der Waals surface area contributed by atoms with Crippen molar-refractivity contribution in [2.75, 3.05) is 0 Å². The van der Waals surface area contributed by atoms with Gasteiger partial charge >= 0.3 is 0 Å². The van der Waals surface area contributed by atoms with Crippen LogP contribution >= 0.6 is 0 Å². The minimum absolute atomic E-state index is 0.507. The van der Waals surface area contributed by atoms with E-state index in [4.69, 9.17) is 0 Å². The molecule has 2 aliphatic carbocycles. The minimum atomic E-state index is -2.12. The van der Waals surface area contributed by atoms with Crippen molar-refractivity contribution < 1.29 is 0 Å². The van der Waals surface area contributed by atoms with Crippen LogP contribution in [0, 0.1) is 0 Å². The molecule has 0 heterocycles. The summed E-state index contributed by atoms with van der Waals surface area (Å²) in [6, 6.07) is 28.9. The zero-order valence-corrected chi connectivity index (χ0v) is 33.5. The standard InChI is InChI=1S/C48H60Si/c1-29(2)37-19-38(30(3)4)22-41(21-37)45-17-13-15-35-25-43(27-47(35)45)49(33(9)10,34(11)12)44-26-36-16-14-18-46(48(36)28-44)42-23-39(31(5)6)20-40(24-42)32(7)8/h13-24,27-34H,25-26H2,1-12H3. The van der Waals surface area contributed by atoms with E-state index in [1.165, 1.54) is 66.8 Å². The third-order valence-electron chi connectivity index (χ3n) is 11.9. The second-order valence-corrected chi connectivity index (χ2v) is 22.4. The van der Waals surface area contributed by atoms with E-state index in [1.807, 2.05) is 0 Å². The van der Waals surface area contributed by atoms with Crippen molar-refractivity contribution in [3.05, 3.63) is 128 Å².